The van der Waals surface area contributed by atoms with Gasteiger partial charge in [-0.25, -0.2) is 9.97 Å². The molecule has 1 aliphatic heterocycles. The molecule has 1 aliphatic rings. The van der Waals surface area contributed by atoms with Gasteiger partial charge in [0.25, 0.3) is 0 Å². The Hall–Kier alpha value is -6.89. The van der Waals surface area contributed by atoms with Crippen molar-refractivity contribution in [3.8, 4) is 28.6 Å². The Morgan fingerprint density at radius 2 is 1.30 bits per heavy atom. The number of hydrogen-bond acceptors (Lipinski definition) is 4. The molecule has 266 valence electrons. The van der Waals surface area contributed by atoms with Crippen LogP contribution in [0.25, 0.3) is 50.0 Å². The van der Waals surface area contributed by atoms with E-state index in [-0.39, 0.29) is 0 Å². The van der Waals surface area contributed by atoms with Crippen molar-refractivity contribution in [2.24, 2.45) is 7.05 Å². The summed E-state index contributed by atoms with van der Waals surface area (Å²) in [6, 6.07) is 64.5. The molecule has 0 radical (unpaired) electrons. The molecular weight excluding hydrogens is 705 g/mol. The quantitative estimate of drug-likeness (QED) is 0.170. The van der Waals surface area contributed by atoms with Crippen molar-refractivity contribution in [3.63, 3.8) is 0 Å². The van der Waals surface area contributed by atoms with E-state index >= 15 is 0 Å². The van der Waals surface area contributed by atoms with Crippen LogP contribution in [0.5, 0.6) is 11.5 Å². The normalized spacial score (nSPS) is 13.2. The number of nitrogens with zero attached hydrogens (tertiary/aromatic N) is 4. The fraction of sp³-hybridized carbons (Fsp3) is 0.0400. The van der Waals surface area contributed by atoms with Gasteiger partial charge in [-0.05, 0) is 77.4 Å². The van der Waals surface area contributed by atoms with E-state index in [2.05, 4.69) is 156 Å². The van der Waals surface area contributed by atoms with E-state index in [1.54, 1.807) is 0 Å². The summed E-state index contributed by atoms with van der Waals surface area (Å²) < 4.78 is 11.2. The molecule has 10 aromatic rings. The Labute approximate surface area is 328 Å². The molecule has 7 aromatic carbocycles. The standard InChI is InChI=1S/C50H34N4OS/c1-53-43-26-10-9-25-42(43)52-48(53)33-15-12-21-37(31-33)55-38-22-13-20-36(32-38)54-47-39(40-23-14-30-51-49(40)54)28-29-45-46(47)50(34-16-4-2-5-17-34,35-18-6-3-7-19-35)41-24-8-11-27-44(41)56-45/h2-32H,1H3. The molecule has 5 nitrogen and oxygen atoms in total. The molecule has 0 saturated carbocycles. The number of ether oxygens (including phenoxy) is 1. The predicted molar refractivity (Wildman–Crippen MR) is 227 cm³/mol. The van der Waals surface area contributed by atoms with Crippen LogP contribution in [0.4, 0.5) is 0 Å². The Morgan fingerprint density at radius 1 is 0.589 bits per heavy atom. The van der Waals surface area contributed by atoms with Crippen LogP contribution < -0.4 is 4.74 Å². The molecule has 0 N–H and O–H groups in total. The second-order valence-electron chi connectivity index (χ2n) is 14.2. The van der Waals surface area contributed by atoms with E-state index < -0.39 is 5.41 Å². The van der Waals surface area contributed by atoms with Crippen molar-refractivity contribution in [1.82, 2.24) is 19.1 Å². The molecule has 0 bridgehead atoms. The lowest BCUT2D eigenvalue weighted by molar-refractivity contribution is 0.482. The zero-order valence-electron chi connectivity index (χ0n) is 30.5. The van der Waals surface area contributed by atoms with Crippen LogP contribution in [0, 0.1) is 0 Å². The van der Waals surface area contributed by atoms with E-state index in [0.717, 1.165) is 61.5 Å². The maximum absolute atomic E-state index is 6.68. The summed E-state index contributed by atoms with van der Waals surface area (Å²) in [5.41, 5.74) is 10.4. The second-order valence-corrected chi connectivity index (χ2v) is 15.3. The molecular formula is C50H34N4OS. The van der Waals surface area contributed by atoms with Gasteiger partial charge in [0.2, 0.25) is 0 Å². The van der Waals surface area contributed by atoms with Gasteiger partial charge in [0, 0.05) is 51.0 Å². The Kier molecular flexibility index (Phi) is 7.47. The van der Waals surface area contributed by atoms with Crippen LogP contribution in [0.1, 0.15) is 22.3 Å². The number of rotatable bonds is 6. The summed E-state index contributed by atoms with van der Waals surface area (Å²) >= 11 is 1.84. The maximum Gasteiger partial charge on any atom is 0.145 e. The molecule has 0 saturated heterocycles. The molecule has 0 fully saturated rings. The Morgan fingerprint density at radius 3 is 2.11 bits per heavy atom. The fourth-order valence-electron chi connectivity index (χ4n) is 8.80. The third kappa shape index (κ3) is 4.89. The lowest BCUT2D eigenvalue weighted by Crippen LogP contribution is -2.34. The van der Waals surface area contributed by atoms with Gasteiger partial charge < -0.3 is 9.30 Å². The molecule has 0 amide bonds. The average Bonchev–Trinajstić information content (AvgIpc) is 3.78. The first-order chi connectivity index (χ1) is 27.7. The minimum atomic E-state index is -0.615. The van der Waals surface area contributed by atoms with Crippen LogP contribution >= 0.6 is 11.8 Å². The summed E-state index contributed by atoms with van der Waals surface area (Å²) in [5, 5.41) is 2.26. The van der Waals surface area contributed by atoms with Crippen LogP contribution in [0.3, 0.4) is 0 Å². The summed E-state index contributed by atoms with van der Waals surface area (Å²) in [7, 11) is 2.06. The summed E-state index contributed by atoms with van der Waals surface area (Å²) in [6.07, 6.45) is 1.89. The highest BCUT2D eigenvalue weighted by molar-refractivity contribution is 7.99. The third-order valence-electron chi connectivity index (χ3n) is 11.1. The number of para-hydroxylation sites is 2. The lowest BCUT2D eigenvalue weighted by atomic mass is 9.64. The number of aromatic nitrogens is 4. The van der Waals surface area contributed by atoms with E-state index in [1.807, 2.05) is 60.4 Å². The van der Waals surface area contributed by atoms with Crippen molar-refractivity contribution in [2.45, 2.75) is 15.2 Å². The van der Waals surface area contributed by atoms with Crippen molar-refractivity contribution in [2.75, 3.05) is 0 Å². The van der Waals surface area contributed by atoms with Crippen molar-refractivity contribution >= 4 is 44.7 Å². The molecule has 0 unspecified atom stereocenters. The SMILES string of the molecule is Cn1c(-c2cccc(Oc3cccc(-n4c5ncccc5c5ccc6c(c54)C(c4ccccc4)(c4ccccc4)c4ccccc4S6)c3)c2)nc2ccccc21. The first kappa shape index (κ1) is 32.5. The number of benzene rings is 7. The van der Waals surface area contributed by atoms with Gasteiger partial charge in [-0.15, -0.1) is 0 Å². The number of pyridine rings is 1. The maximum atomic E-state index is 6.68. The minimum Gasteiger partial charge on any atom is -0.457 e. The third-order valence-corrected chi connectivity index (χ3v) is 12.3. The molecule has 6 heteroatoms. The van der Waals surface area contributed by atoms with Gasteiger partial charge in [-0.1, -0.05) is 127 Å². The lowest BCUT2D eigenvalue weighted by Gasteiger charge is -2.42. The minimum absolute atomic E-state index is 0.615. The highest BCUT2D eigenvalue weighted by Crippen LogP contribution is 2.58. The summed E-state index contributed by atoms with van der Waals surface area (Å²) in [6.45, 7) is 0. The Bertz CT molecular complexity index is 3070. The first-order valence-electron chi connectivity index (χ1n) is 18.8. The second kappa shape index (κ2) is 12.9. The van der Waals surface area contributed by atoms with E-state index in [9.17, 15) is 0 Å². The van der Waals surface area contributed by atoms with E-state index in [0.29, 0.717) is 0 Å². The van der Waals surface area contributed by atoms with Gasteiger partial charge in [0.05, 0.1) is 27.7 Å². The van der Waals surface area contributed by atoms with E-state index in [1.165, 1.54) is 32.0 Å². The molecule has 0 atom stereocenters. The van der Waals surface area contributed by atoms with Gasteiger partial charge in [-0.2, -0.15) is 0 Å². The highest BCUT2D eigenvalue weighted by atomic mass is 32.2. The number of hydrogen-bond donors (Lipinski definition) is 0. The van der Waals surface area contributed by atoms with Crippen molar-refractivity contribution in [1.29, 1.82) is 0 Å². The monoisotopic (exact) mass is 738 g/mol. The van der Waals surface area contributed by atoms with Crippen LogP contribution in [-0.2, 0) is 12.5 Å². The van der Waals surface area contributed by atoms with E-state index in [4.69, 9.17) is 14.7 Å². The smallest absolute Gasteiger partial charge is 0.145 e. The molecule has 4 heterocycles. The summed E-state index contributed by atoms with van der Waals surface area (Å²) in [4.78, 5) is 12.5. The highest BCUT2D eigenvalue weighted by Gasteiger charge is 2.46. The van der Waals surface area contributed by atoms with Gasteiger partial charge >= 0.3 is 0 Å². The molecule has 56 heavy (non-hydrogen) atoms. The number of fused-ring (bicyclic) bond motifs is 7. The van der Waals surface area contributed by atoms with Crippen LogP contribution in [-0.4, -0.2) is 19.1 Å². The Balaban J connectivity index is 1.14. The zero-order valence-corrected chi connectivity index (χ0v) is 31.3. The van der Waals surface area contributed by atoms with Crippen molar-refractivity contribution < 1.29 is 4.74 Å². The number of aryl methyl sites for hydroxylation is 1. The van der Waals surface area contributed by atoms with Crippen molar-refractivity contribution in [3.05, 3.63) is 210 Å². The number of imidazole rings is 1. The van der Waals surface area contributed by atoms with Gasteiger partial charge in [0.1, 0.15) is 23.0 Å². The van der Waals surface area contributed by atoms with Crippen LogP contribution in [0.2, 0.25) is 0 Å². The molecule has 0 aliphatic carbocycles. The largest absolute Gasteiger partial charge is 0.457 e. The zero-order chi connectivity index (χ0) is 37.2. The predicted octanol–water partition coefficient (Wildman–Crippen LogP) is 12.4. The molecule has 3 aromatic heterocycles. The van der Waals surface area contributed by atoms with Gasteiger partial charge in [0.15, 0.2) is 0 Å². The topological polar surface area (TPSA) is 44.9 Å². The average molecular weight is 739 g/mol. The molecule has 0 spiro atoms. The summed E-state index contributed by atoms with van der Waals surface area (Å²) in [5.74, 6) is 2.37. The van der Waals surface area contributed by atoms with Gasteiger partial charge in [-0.3, -0.25) is 4.57 Å². The fourth-order valence-corrected chi connectivity index (χ4v) is 10.0. The van der Waals surface area contributed by atoms with Crippen LogP contribution in [0.15, 0.2) is 198 Å². The first-order valence-corrected chi connectivity index (χ1v) is 19.6. The molecule has 11 rings (SSSR count).